The van der Waals surface area contributed by atoms with Gasteiger partial charge in [-0.3, -0.25) is 4.90 Å². The smallest absolute Gasteiger partial charge is 0.124 e. The molecule has 1 heterocycles. The summed E-state index contributed by atoms with van der Waals surface area (Å²) >= 11 is 6.10. The molecule has 2 atom stereocenters. The molecule has 5 heteroatoms. The Morgan fingerprint density at radius 3 is 2.85 bits per heavy atom. The van der Waals surface area contributed by atoms with Crippen LogP contribution in [0.5, 0.6) is 0 Å². The molecule has 1 aliphatic rings. The van der Waals surface area contributed by atoms with Crippen molar-refractivity contribution in [3.63, 3.8) is 0 Å². The summed E-state index contributed by atoms with van der Waals surface area (Å²) in [4.78, 5) is 4.73. The lowest BCUT2D eigenvalue weighted by Crippen LogP contribution is -2.53. The summed E-state index contributed by atoms with van der Waals surface area (Å²) in [6, 6.07) is 5.20. The fourth-order valence-electron chi connectivity index (χ4n) is 2.60. The second-order valence-corrected chi connectivity index (χ2v) is 6.10. The van der Waals surface area contributed by atoms with Gasteiger partial charge < -0.3 is 10.2 Å². The van der Waals surface area contributed by atoms with E-state index in [1.54, 1.807) is 6.07 Å². The van der Waals surface area contributed by atoms with E-state index >= 15 is 0 Å². The number of likely N-dealkylation sites (N-methyl/N-ethyl adjacent to an activating group) is 2. The van der Waals surface area contributed by atoms with Crippen molar-refractivity contribution in [2.75, 3.05) is 40.3 Å². The van der Waals surface area contributed by atoms with Crippen LogP contribution < -0.4 is 5.32 Å². The van der Waals surface area contributed by atoms with Gasteiger partial charge in [0.25, 0.3) is 0 Å². The number of piperazine rings is 1. The highest BCUT2D eigenvalue weighted by Gasteiger charge is 2.22. The van der Waals surface area contributed by atoms with Gasteiger partial charge in [0.2, 0.25) is 0 Å². The quantitative estimate of drug-likeness (QED) is 0.921. The molecule has 112 valence electrons. The zero-order valence-electron chi connectivity index (χ0n) is 12.4. The van der Waals surface area contributed by atoms with Crippen molar-refractivity contribution in [2.45, 2.75) is 19.0 Å². The van der Waals surface area contributed by atoms with E-state index in [0.29, 0.717) is 11.1 Å². The molecule has 0 saturated carbocycles. The van der Waals surface area contributed by atoms with Gasteiger partial charge in [-0.2, -0.15) is 0 Å². The lowest BCUT2D eigenvalue weighted by molar-refractivity contribution is 0.112. The molecular formula is C15H23ClFN3. The first-order chi connectivity index (χ1) is 9.47. The van der Waals surface area contributed by atoms with Crippen molar-refractivity contribution in [3.05, 3.63) is 34.6 Å². The first-order valence-electron chi connectivity index (χ1n) is 7.04. The zero-order chi connectivity index (χ0) is 14.7. The summed E-state index contributed by atoms with van der Waals surface area (Å²) in [5.74, 6) is -0.292. The Morgan fingerprint density at radius 2 is 2.15 bits per heavy atom. The standard InChI is InChI=1S/C15H23ClFN3/c1-11(14-5-4-12(17)8-15(14)16)18-9-13-10-19(2)6-7-20(13)3/h4-5,8,11,13,18H,6-7,9-10H2,1-3H3. The monoisotopic (exact) mass is 299 g/mol. The predicted molar refractivity (Wildman–Crippen MR) is 81.7 cm³/mol. The minimum atomic E-state index is -0.292. The number of nitrogens with one attached hydrogen (secondary N) is 1. The van der Waals surface area contributed by atoms with Crippen LogP contribution in [0.2, 0.25) is 5.02 Å². The molecule has 0 spiro atoms. The van der Waals surface area contributed by atoms with Gasteiger partial charge >= 0.3 is 0 Å². The lowest BCUT2D eigenvalue weighted by atomic mass is 10.1. The molecule has 0 amide bonds. The fraction of sp³-hybridized carbons (Fsp3) is 0.600. The van der Waals surface area contributed by atoms with E-state index in [9.17, 15) is 4.39 Å². The molecule has 20 heavy (non-hydrogen) atoms. The number of nitrogens with zero attached hydrogens (tertiary/aromatic N) is 2. The van der Waals surface area contributed by atoms with Gasteiger partial charge in [0.05, 0.1) is 0 Å². The van der Waals surface area contributed by atoms with E-state index in [2.05, 4.69) is 36.1 Å². The summed E-state index contributed by atoms with van der Waals surface area (Å²) < 4.78 is 13.1. The maximum Gasteiger partial charge on any atom is 0.124 e. The predicted octanol–water partition coefficient (Wildman–Crippen LogP) is 2.38. The molecule has 0 aliphatic carbocycles. The molecule has 1 aliphatic heterocycles. The van der Waals surface area contributed by atoms with E-state index in [0.717, 1.165) is 31.7 Å². The van der Waals surface area contributed by atoms with Crippen LogP contribution in [-0.2, 0) is 0 Å². The van der Waals surface area contributed by atoms with Gasteiger partial charge in [-0.05, 0) is 38.7 Å². The molecule has 1 N–H and O–H groups in total. The number of benzene rings is 1. The molecule has 0 aromatic heterocycles. The van der Waals surface area contributed by atoms with E-state index in [4.69, 9.17) is 11.6 Å². The van der Waals surface area contributed by atoms with E-state index in [1.165, 1.54) is 12.1 Å². The minimum Gasteiger partial charge on any atom is -0.309 e. The Balaban J connectivity index is 1.92. The number of hydrogen-bond donors (Lipinski definition) is 1. The van der Waals surface area contributed by atoms with Gasteiger partial charge in [-0.1, -0.05) is 17.7 Å². The third kappa shape index (κ3) is 3.92. The lowest BCUT2D eigenvalue weighted by Gasteiger charge is -2.38. The molecule has 2 rings (SSSR count). The molecule has 3 nitrogen and oxygen atoms in total. The second-order valence-electron chi connectivity index (χ2n) is 5.69. The molecule has 2 unspecified atom stereocenters. The molecule has 1 saturated heterocycles. The summed E-state index contributed by atoms with van der Waals surface area (Å²) in [6.07, 6.45) is 0. The van der Waals surface area contributed by atoms with E-state index in [-0.39, 0.29) is 11.9 Å². The second kappa shape index (κ2) is 6.85. The first kappa shape index (κ1) is 15.7. The van der Waals surface area contributed by atoms with E-state index < -0.39 is 0 Å². The van der Waals surface area contributed by atoms with Gasteiger partial charge in [-0.25, -0.2) is 4.39 Å². The van der Waals surface area contributed by atoms with Gasteiger partial charge in [0.1, 0.15) is 5.82 Å². The van der Waals surface area contributed by atoms with Crippen LogP contribution >= 0.6 is 11.6 Å². The maximum absolute atomic E-state index is 13.1. The molecule has 1 aromatic rings. The summed E-state index contributed by atoms with van der Waals surface area (Å²) in [7, 11) is 4.31. The number of hydrogen-bond acceptors (Lipinski definition) is 3. The summed E-state index contributed by atoms with van der Waals surface area (Å²) in [5, 5.41) is 3.99. The highest BCUT2D eigenvalue weighted by Crippen LogP contribution is 2.23. The number of rotatable bonds is 4. The van der Waals surface area contributed by atoms with Crippen molar-refractivity contribution in [1.82, 2.24) is 15.1 Å². The van der Waals surface area contributed by atoms with Crippen LogP contribution in [0.1, 0.15) is 18.5 Å². The normalized spacial score (nSPS) is 22.9. The molecule has 0 bridgehead atoms. The van der Waals surface area contributed by atoms with Crippen molar-refractivity contribution in [3.8, 4) is 0 Å². The van der Waals surface area contributed by atoms with E-state index in [1.807, 2.05) is 0 Å². The Morgan fingerprint density at radius 1 is 1.40 bits per heavy atom. The van der Waals surface area contributed by atoms with Crippen LogP contribution in [0.25, 0.3) is 0 Å². The Kier molecular flexibility index (Phi) is 5.38. The third-order valence-electron chi connectivity index (χ3n) is 4.07. The largest absolute Gasteiger partial charge is 0.309 e. The third-order valence-corrected chi connectivity index (χ3v) is 4.40. The Hall–Kier alpha value is -0.680. The molecule has 1 fully saturated rings. The van der Waals surface area contributed by atoms with Crippen LogP contribution in [0, 0.1) is 5.82 Å². The summed E-state index contributed by atoms with van der Waals surface area (Å²) in [5.41, 5.74) is 0.944. The number of halogens is 2. The fourth-order valence-corrected chi connectivity index (χ4v) is 2.93. The summed E-state index contributed by atoms with van der Waals surface area (Å²) in [6.45, 7) is 6.23. The Labute approximate surface area is 125 Å². The SMILES string of the molecule is CC(NCC1CN(C)CCN1C)c1ccc(F)cc1Cl. The van der Waals surface area contributed by atoms with Gasteiger partial charge in [0.15, 0.2) is 0 Å². The first-order valence-corrected chi connectivity index (χ1v) is 7.42. The van der Waals surface area contributed by atoms with Crippen LogP contribution in [0.3, 0.4) is 0 Å². The Bertz CT molecular complexity index is 455. The molecular weight excluding hydrogens is 277 g/mol. The van der Waals surface area contributed by atoms with Crippen molar-refractivity contribution in [1.29, 1.82) is 0 Å². The highest BCUT2D eigenvalue weighted by molar-refractivity contribution is 6.31. The van der Waals surface area contributed by atoms with Crippen LogP contribution in [0.4, 0.5) is 4.39 Å². The van der Waals surface area contributed by atoms with Gasteiger partial charge in [-0.15, -0.1) is 0 Å². The van der Waals surface area contributed by atoms with Crippen molar-refractivity contribution >= 4 is 11.6 Å². The average molecular weight is 300 g/mol. The van der Waals surface area contributed by atoms with Crippen LogP contribution in [0.15, 0.2) is 18.2 Å². The zero-order valence-corrected chi connectivity index (χ0v) is 13.1. The average Bonchev–Trinajstić information content (AvgIpc) is 2.39. The van der Waals surface area contributed by atoms with Crippen molar-refractivity contribution < 1.29 is 4.39 Å². The molecule has 1 aromatic carbocycles. The van der Waals surface area contributed by atoms with Gasteiger partial charge in [0, 0.05) is 43.3 Å². The topological polar surface area (TPSA) is 18.5 Å². The highest BCUT2D eigenvalue weighted by atomic mass is 35.5. The molecule has 0 radical (unpaired) electrons. The minimum absolute atomic E-state index is 0.115. The van der Waals surface area contributed by atoms with Crippen molar-refractivity contribution in [2.24, 2.45) is 0 Å². The van der Waals surface area contributed by atoms with Crippen LogP contribution in [-0.4, -0.2) is 56.1 Å². The maximum atomic E-state index is 13.1.